The Bertz CT molecular complexity index is 780. The van der Waals surface area contributed by atoms with Crippen molar-refractivity contribution in [3.8, 4) is 5.69 Å². The van der Waals surface area contributed by atoms with Gasteiger partial charge in [0.25, 0.3) is 0 Å². The summed E-state index contributed by atoms with van der Waals surface area (Å²) >= 11 is 0. The Morgan fingerprint density at radius 3 is 2.69 bits per heavy atom. The second-order valence-electron chi connectivity index (χ2n) is 7.98. The molecule has 4 heterocycles. The monoisotopic (exact) mass is 356 g/mol. The van der Waals surface area contributed by atoms with Crippen LogP contribution in [0, 0.1) is 5.82 Å². The largest absolute Gasteiger partial charge is 0.381 e. The fourth-order valence-corrected chi connectivity index (χ4v) is 4.85. The van der Waals surface area contributed by atoms with Gasteiger partial charge in [0.1, 0.15) is 11.6 Å². The number of hydrogen-bond donors (Lipinski definition) is 0. The molecule has 0 N–H and O–H groups in total. The summed E-state index contributed by atoms with van der Waals surface area (Å²) in [6, 6.07) is 6.64. The number of rotatable bonds is 3. The van der Waals surface area contributed by atoms with E-state index < -0.39 is 0 Å². The van der Waals surface area contributed by atoms with E-state index in [1.165, 1.54) is 25.1 Å². The van der Waals surface area contributed by atoms with Gasteiger partial charge in [0.2, 0.25) is 0 Å². The van der Waals surface area contributed by atoms with Crippen molar-refractivity contribution in [3.63, 3.8) is 0 Å². The Balaban J connectivity index is 1.59. The van der Waals surface area contributed by atoms with Gasteiger partial charge >= 0.3 is 0 Å². The highest BCUT2D eigenvalue weighted by Gasteiger charge is 2.46. The van der Waals surface area contributed by atoms with E-state index in [0.717, 1.165) is 69.3 Å². The van der Waals surface area contributed by atoms with Gasteiger partial charge in [0.05, 0.1) is 5.69 Å². The van der Waals surface area contributed by atoms with Crippen LogP contribution in [-0.4, -0.2) is 52.5 Å². The summed E-state index contributed by atoms with van der Waals surface area (Å²) in [6.07, 6.45) is 5.47. The van der Waals surface area contributed by atoms with Crippen molar-refractivity contribution in [1.82, 2.24) is 19.7 Å². The van der Waals surface area contributed by atoms with E-state index in [2.05, 4.69) is 4.90 Å². The molecule has 2 aromatic rings. The summed E-state index contributed by atoms with van der Waals surface area (Å²) in [4.78, 5) is 7.64. The quantitative estimate of drug-likeness (QED) is 0.848. The Morgan fingerprint density at radius 2 is 1.88 bits per heavy atom. The van der Waals surface area contributed by atoms with Crippen molar-refractivity contribution in [2.75, 3.05) is 32.8 Å². The number of aromatic nitrogens is 3. The number of piperidine rings is 1. The maximum absolute atomic E-state index is 13.4. The zero-order valence-electron chi connectivity index (χ0n) is 15.0. The van der Waals surface area contributed by atoms with Crippen molar-refractivity contribution in [2.24, 2.45) is 0 Å². The van der Waals surface area contributed by atoms with E-state index in [0.29, 0.717) is 5.92 Å². The zero-order chi connectivity index (χ0) is 17.6. The van der Waals surface area contributed by atoms with Crippen molar-refractivity contribution < 1.29 is 9.13 Å². The van der Waals surface area contributed by atoms with Gasteiger partial charge in [-0.2, -0.15) is 5.10 Å². The minimum atomic E-state index is -0.220. The Hall–Kier alpha value is -1.79. The molecular weight excluding hydrogens is 331 g/mol. The van der Waals surface area contributed by atoms with E-state index in [-0.39, 0.29) is 11.2 Å². The lowest BCUT2D eigenvalue weighted by Crippen LogP contribution is -2.38. The van der Waals surface area contributed by atoms with Gasteiger partial charge in [0, 0.05) is 31.1 Å². The molecule has 0 radical (unpaired) electrons. The molecule has 0 amide bonds. The average molecular weight is 356 g/mol. The molecule has 0 aliphatic carbocycles. The van der Waals surface area contributed by atoms with E-state index in [9.17, 15) is 4.39 Å². The number of hydrogen-bond acceptors (Lipinski definition) is 4. The van der Waals surface area contributed by atoms with Gasteiger partial charge in [-0.1, -0.05) is 0 Å². The molecule has 2 bridgehead atoms. The Morgan fingerprint density at radius 1 is 1.08 bits per heavy atom. The fourth-order valence-electron chi connectivity index (χ4n) is 4.85. The minimum absolute atomic E-state index is 0.0864. The van der Waals surface area contributed by atoms with Gasteiger partial charge < -0.3 is 9.64 Å². The van der Waals surface area contributed by atoms with Crippen LogP contribution in [0.1, 0.15) is 49.7 Å². The van der Waals surface area contributed by atoms with Crippen molar-refractivity contribution >= 4 is 0 Å². The summed E-state index contributed by atoms with van der Waals surface area (Å²) in [5, 5.41) is 4.93. The van der Waals surface area contributed by atoms with Gasteiger partial charge in [-0.05, 0) is 69.5 Å². The lowest BCUT2D eigenvalue weighted by Gasteiger charge is -2.33. The number of benzene rings is 1. The highest BCUT2D eigenvalue weighted by Crippen LogP contribution is 2.42. The van der Waals surface area contributed by atoms with E-state index in [1.807, 2.05) is 16.8 Å². The second kappa shape index (κ2) is 6.43. The lowest BCUT2D eigenvalue weighted by atomic mass is 9.80. The summed E-state index contributed by atoms with van der Waals surface area (Å²) < 4.78 is 20.9. The Labute approximate surface area is 153 Å². The maximum Gasteiger partial charge on any atom is 0.154 e. The summed E-state index contributed by atoms with van der Waals surface area (Å²) in [7, 11) is 0. The molecule has 6 heteroatoms. The zero-order valence-corrected chi connectivity index (χ0v) is 15.0. The first-order valence-corrected chi connectivity index (χ1v) is 9.77. The van der Waals surface area contributed by atoms with Gasteiger partial charge in [-0.3, -0.25) is 0 Å². The highest BCUT2D eigenvalue weighted by molar-refractivity contribution is 5.34. The molecule has 2 atom stereocenters. The summed E-state index contributed by atoms with van der Waals surface area (Å²) in [5.74, 6) is 2.16. The van der Waals surface area contributed by atoms with Crippen LogP contribution < -0.4 is 0 Å². The highest BCUT2D eigenvalue weighted by atomic mass is 19.1. The SMILES string of the molecule is Fc1ccc(-n2nc(C3CCOCC3)nc2C23CCCN(CC2)C3)cc1. The van der Waals surface area contributed by atoms with Crippen LogP contribution in [0.2, 0.25) is 0 Å². The molecule has 3 fully saturated rings. The molecule has 138 valence electrons. The third-order valence-corrected chi connectivity index (χ3v) is 6.32. The Kier molecular flexibility index (Phi) is 4.05. The molecule has 5 nitrogen and oxygen atoms in total. The first kappa shape index (κ1) is 16.4. The van der Waals surface area contributed by atoms with Crippen LogP contribution in [0.4, 0.5) is 4.39 Å². The van der Waals surface area contributed by atoms with Crippen LogP contribution >= 0.6 is 0 Å². The molecule has 3 saturated heterocycles. The van der Waals surface area contributed by atoms with Crippen LogP contribution in [0.25, 0.3) is 5.69 Å². The fraction of sp³-hybridized carbons (Fsp3) is 0.600. The van der Waals surface area contributed by atoms with Crippen LogP contribution in [-0.2, 0) is 10.2 Å². The minimum Gasteiger partial charge on any atom is -0.381 e. The molecular formula is C20H25FN4O. The van der Waals surface area contributed by atoms with Gasteiger partial charge in [-0.15, -0.1) is 0 Å². The third-order valence-electron chi connectivity index (χ3n) is 6.32. The predicted octanol–water partition coefficient (Wildman–Crippen LogP) is 3.04. The third kappa shape index (κ3) is 2.76. The second-order valence-corrected chi connectivity index (χ2v) is 7.98. The first-order valence-electron chi connectivity index (χ1n) is 9.77. The average Bonchev–Trinajstić information content (AvgIpc) is 3.26. The number of fused-ring (bicyclic) bond motifs is 2. The molecule has 0 spiro atoms. The van der Waals surface area contributed by atoms with Gasteiger partial charge in [0.15, 0.2) is 5.82 Å². The van der Waals surface area contributed by atoms with Crippen LogP contribution in [0.5, 0.6) is 0 Å². The van der Waals surface area contributed by atoms with Crippen molar-refractivity contribution in [2.45, 2.75) is 43.4 Å². The molecule has 5 rings (SSSR count). The first-order chi connectivity index (χ1) is 12.7. The van der Waals surface area contributed by atoms with Crippen molar-refractivity contribution in [1.29, 1.82) is 0 Å². The van der Waals surface area contributed by atoms with Gasteiger partial charge in [-0.25, -0.2) is 14.1 Å². The normalized spacial score (nSPS) is 29.2. The summed E-state index contributed by atoms with van der Waals surface area (Å²) in [6.45, 7) is 4.97. The molecule has 3 aliphatic heterocycles. The van der Waals surface area contributed by atoms with E-state index in [4.69, 9.17) is 14.8 Å². The van der Waals surface area contributed by atoms with E-state index in [1.54, 1.807) is 0 Å². The van der Waals surface area contributed by atoms with Crippen LogP contribution in [0.3, 0.4) is 0 Å². The molecule has 26 heavy (non-hydrogen) atoms. The summed E-state index contributed by atoms with van der Waals surface area (Å²) in [5.41, 5.74) is 0.994. The predicted molar refractivity (Wildman–Crippen MR) is 96.1 cm³/mol. The number of halogens is 1. The standard InChI is InChI=1S/C20H25FN4O/c21-16-2-4-17(5-3-16)25-19(20-8-1-10-24(14-20)11-9-20)22-18(23-25)15-6-12-26-13-7-15/h2-5,15H,1,6-14H2. The smallest absolute Gasteiger partial charge is 0.154 e. The molecule has 3 aliphatic rings. The molecule has 1 aromatic heterocycles. The number of ether oxygens (including phenoxy) is 1. The molecule has 2 unspecified atom stereocenters. The molecule has 0 saturated carbocycles. The number of nitrogens with zero attached hydrogens (tertiary/aromatic N) is 4. The lowest BCUT2D eigenvalue weighted by molar-refractivity contribution is 0.0836. The van der Waals surface area contributed by atoms with Crippen molar-refractivity contribution in [3.05, 3.63) is 41.7 Å². The molecule has 1 aromatic carbocycles. The topological polar surface area (TPSA) is 43.2 Å². The maximum atomic E-state index is 13.4. The van der Waals surface area contributed by atoms with Crippen LogP contribution in [0.15, 0.2) is 24.3 Å². The van der Waals surface area contributed by atoms with E-state index >= 15 is 0 Å².